The van der Waals surface area contributed by atoms with E-state index in [4.69, 9.17) is 4.74 Å². The lowest BCUT2D eigenvalue weighted by Gasteiger charge is -2.26. The fourth-order valence-electron chi connectivity index (χ4n) is 2.40. The first-order chi connectivity index (χ1) is 10.8. The molecule has 0 radical (unpaired) electrons. The highest BCUT2D eigenvalue weighted by Crippen LogP contribution is 2.41. The van der Waals surface area contributed by atoms with Crippen molar-refractivity contribution in [3.8, 4) is 5.75 Å². The van der Waals surface area contributed by atoms with Crippen LogP contribution in [0.1, 0.15) is 45.2 Å². The number of benzene rings is 1. The molecule has 3 N–H and O–H groups in total. The van der Waals surface area contributed by atoms with Crippen molar-refractivity contribution >= 4 is 6.03 Å². The minimum absolute atomic E-state index is 0.00712. The predicted molar refractivity (Wildman–Crippen MR) is 90.5 cm³/mol. The monoisotopic (exact) mass is 320 g/mol. The van der Waals surface area contributed by atoms with Crippen LogP contribution in [-0.2, 0) is 0 Å². The zero-order valence-electron chi connectivity index (χ0n) is 14.4. The summed E-state index contributed by atoms with van der Waals surface area (Å²) in [5.41, 5.74) is 0.832. The number of methoxy groups -OCH3 is 1. The fourth-order valence-corrected chi connectivity index (χ4v) is 2.40. The number of aliphatic hydroxyl groups excluding tert-OH is 1. The zero-order valence-corrected chi connectivity index (χ0v) is 14.4. The zero-order chi connectivity index (χ0) is 17.0. The molecule has 23 heavy (non-hydrogen) atoms. The van der Waals surface area contributed by atoms with E-state index in [1.165, 1.54) is 0 Å². The number of rotatable bonds is 6. The average molecular weight is 320 g/mol. The minimum atomic E-state index is -0.575. The second-order valence-corrected chi connectivity index (χ2v) is 7.32. The van der Waals surface area contributed by atoms with Crippen molar-refractivity contribution in [2.24, 2.45) is 11.3 Å². The van der Waals surface area contributed by atoms with Crippen molar-refractivity contribution in [3.05, 3.63) is 29.8 Å². The molecule has 0 aromatic heterocycles. The third-order valence-electron chi connectivity index (χ3n) is 4.31. The van der Waals surface area contributed by atoms with Gasteiger partial charge in [-0.1, -0.05) is 32.9 Å². The lowest BCUT2D eigenvalue weighted by atomic mass is 9.89. The van der Waals surface area contributed by atoms with Crippen molar-refractivity contribution in [1.29, 1.82) is 0 Å². The Bertz CT molecular complexity index is 518. The molecule has 1 aromatic carbocycles. The number of ether oxygens (including phenoxy) is 1. The number of amides is 2. The molecule has 0 saturated heterocycles. The molecule has 0 spiro atoms. The summed E-state index contributed by atoms with van der Waals surface area (Å²) in [6.45, 7) is 6.08. The molecule has 1 fully saturated rings. The van der Waals surface area contributed by atoms with E-state index in [-0.39, 0.29) is 24.0 Å². The number of hydrogen-bond donors (Lipinski definition) is 3. The fraction of sp³-hybridized carbons (Fsp3) is 0.611. The number of urea groups is 1. The van der Waals surface area contributed by atoms with Crippen LogP contribution in [0.5, 0.6) is 5.75 Å². The third kappa shape index (κ3) is 5.13. The van der Waals surface area contributed by atoms with Crippen LogP contribution >= 0.6 is 0 Å². The molecule has 2 atom stereocenters. The first kappa shape index (κ1) is 17.6. The summed E-state index contributed by atoms with van der Waals surface area (Å²) in [5.74, 6) is 1.29. The molecule has 1 aliphatic carbocycles. The smallest absolute Gasteiger partial charge is 0.315 e. The number of hydrogen-bond acceptors (Lipinski definition) is 3. The van der Waals surface area contributed by atoms with E-state index >= 15 is 0 Å². The van der Waals surface area contributed by atoms with Gasteiger partial charge in [-0.15, -0.1) is 0 Å². The van der Waals surface area contributed by atoms with Gasteiger partial charge in [-0.3, -0.25) is 0 Å². The average Bonchev–Trinajstić information content (AvgIpc) is 3.34. The maximum atomic E-state index is 12.2. The summed E-state index contributed by atoms with van der Waals surface area (Å²) in [6.07, 6.45) is 1.68. The van der Waals surface area contributed by atoms with E-state index in [9.17, 15) is 9.90 Å². The summed E-state index contributed by atoms with van der Waals surface area (Å²) in [7, 11) is 1.64. The minimum Gasteiger partial charge on any atom is -0.497 e. The van der Waals surface area contributed by atoms with E-state index in [1.807, 2.05) is 45.0 Å². The molecule has 2 rings (SSSR count). The van der Waals surface area contributed by atoms with Gasteiger partial charge in [0.25, 0.3) is 0 Å². The predicted octanol–water partition coefficient (Wildman–Crippen LogP) is 2.85. The van der Waals surface area contributed by atoms with Crippen LogP contribution in [0.25, 0.3) is 0 Å². The number of nitrogens with one attached hydrogen (secondary N) is 2. The van der Waals surface area contributed by atoms with Crippen molar-refractivity contribution < 1.29 is 14.6 Å². The maximum Gasteiger partial charge on any atom is 0.315 e. The van der Waals surface area contributed by atoms with Crippen LogP contribution in [0.15, 0.2) is 24.3 Å². The number of carbonyl (C=O) groups is 1. The molecule has 128 valence electrons. The largest absolute Gasteiger partial charge is 0.497 e. The Morgan fingerprint density at radius 2 is 1.91 bits per heavy atom. The van der Waals surface area contributed by atoms with E-state index < -0.39 is 6.10 Å². The molecule has 1 aliphatic rings. The van der Waals surface area contributed by atoms with Crippen LogP contribution in [0.4, 0.5) is 4.79 Å². The Morgan fingerprint density at radius 1 is 1.30 bits per heavy atom. The van der Waals surface area contributed by atoms with Gasteiger partial charge in [0.2, 0.25) is 0 Å². The quantitative estimate of drug-likeness (QED) is 0.755. The summed E-state index contributed by atoms with van der Waals surface area (Å²) in [6, 6.07) is 7.58. The first-order valence-electron chi connectivity index (χ1n) is 8.17. The molecular weight excluding hydrogens is 292 g/mol. The van der Waals surface area contributed by atoms with Crippen molar-refractivity contribution in [3.63, 3.8) is 0 Å². The maximum absolute atomic E-state index is 12.2. The van der Waals surface area contributed by atoms with Crippen LogP contribution in [-0.4, -0.2) is 30.9 Å². The molecule has 0 aliphatic heterocycles. The highest BCUT2D eigenvalue weighted by atomic mass is 16.5. The normalized spacial score (nSPS) is 17.3. The molecular formula is C18H28N2O3. The molecule has 0 heterocycles. The molecule has 2 unspecified atom stereocenters. The molecule has 1 saturated carbocycles. The second kappa shape index (κ2) is 7.21. The number of aliphatic hydroxyl groups is 1. The highest BCUT2D eigenvalue weighted by molar-refractivity contribution is 5.74. The number of carbonyl (C=O) groups excluding carboxylic acids is 1. The van der Waals surface area contributed by atoms with Crippen LogP contribution in [0.2, 0.25) is 0 Å². The highest BCUT2D eigenvalue weighted by Gasteiger charge is 2.33. The lowest BCUT2D eigenvalue weighted by molar-refractivity contribution is 0.0648. The van der Waals surface area contributed by atoms with E-state index in [1.54, 1.807) is 7.11 Å². The van der Waals surface area contributed by atoms with Gasteiger partial charge in [0, 0.05) is 6.54 Å². The molecule has 5 heteroatoms. The van der Waals surface area contributed by atoms with Crippen molar-refractivity contribution in [2.75, 3.05) is 13.7 Å². The summed E-state index contributed by atoms with van der Waals surface area (Å²) in [5, 5.41) is 15.8. The van der Waals surface area contributed by atoms with Crippen molar-refractivity contribution in [2.45, 2.75) is 45.8 Å². The summed E-state index contributed by atoms with van der Waals surface area (Å²) >= 11 is 0. The Labute approximate surface area is 138 Å². The van der Waals surface area contributed by atoms with Crippen LogP contribution < -0.4 is 15.4 Å². The SMILES string of the molecule is COc1ccc(C(NC(=O)NCC(O)C(C)(C)C)C2CC2)cc1. The van der Waals surface area contributed by atoms with E-state index in [0.717, 1.165) is 24.2 Å². The molecule has 2 amide bonds. The van der Waals surface area contributed by atoms with Gasteiger partial charge in [0.05, 0.1) is 19.3 Å². The van der Waals surface area contributed by atoms with Gasteiger partial charge in [-0.05, 0) is 41.9 Å². The standard InChI is InChI=1S/C18H28N2O3/c1-18(2,3)15(21)11-19-17(22)20-16(12-5-6-12)13-7-9-14(23-4)10-8-13/h7-10,12,15-16,21H,5-6,11H2,1-4H3,(H2,19,20,22). The molecule has 0 bridgehead atoms. The summed E-state index contributed by atoms with van der Waals surface area (Å²) < 4.78 is 5.18. The Hall–Kier alpha value is -1.75. The van der Waals surface area contributed by atoms with Crippen molar-refractivity contribution in [1.82, 2.24) is 10.6 Å². The first-order valence-corrected chi connectivity index (χ1v) is 8.17. The van der Waals surface area contributed by atoms with Gasteiger partial charge < -0.3 is 20.5 Å². The molecule has 5 nitrogen and oxygen atoms in total. The molecule has 1 aromatic rings. The Balaban J connectivity index is 1.92. The van der Waals surface area contributed by atoms with Gasteiger partial charge in [0.1, 0.15) is 5.75 Å². The second-order valence-electron chi connectivity index (χ2n) is 7.32. The van der Waals surface area contributed by atoms with Crippen LogP contribution in [0, 0.1) is 11.3 Å². The Morgan fingerprint density at radius 3 is 2.39 bits per heavy atom. The Kier molecular flexibility index (Phi) is 5.52. The lowest BCUT2D eigenvalue weighted by Crippen LogP contribution is -2.44. The van der Waals surface area contributed by atoms with E-state index in [0.29, 0.717) is 5.92 Å². The topological polar surface area (TPSA) is 70.6 Å². The van der Waals surface area contributed by atoms with Gasteiger partial charge >= 0.3 is 6.03 Å². The van der Waals surface area contributed by atoms with Gasteiger partial charge in [-0.2, -0.15) is 0 Å². The third-order valence-corrected chi connectivity index (χ3v) is 4.31. The van der Waals surface area contributed by atoms with Crippen LogP contribution in [0.3, 0.4) is 0 Å². The van der Waals surface area contributed by atoms with E-state index in [2.05, 4.69) is 10.6 Å². The van der Waals surface area contributed by atoms with Gasteiger partial charge in [-0.25, -0.2) is 4.79 Å². The summed E-state index contributed by atoms with van der Waals surface area (Å²) in [4.78, 5) is 12.2. The van der Waals surface area contributed by atoms with Gasteiger partial charge in [0.15, 0.2) is 0 Å².